The van der Waals surface area contributed by atoms with Crippen LogP contribution in [-0.2, 0) is 7.05 Å². The van der Waals surface area contributed by atoms with Crippen molar-refractivity contribution in [3.8, 4) is 11.4 Å². The molecule has 21 heavy (non-hydrogen) atoms. The van der Waals surface area contributed by atoms with Gasteiger partial charge in [0.2, 0.25) is 0 Å². The molecule has 0 aliphatic carbocycles. The van der Waals surface area contributed by atoms with Crippen molar-refractivity contribution in [3.05, 3.63) is 52.5 Å². The summed E-state index contributed by atoms with van der Waals surface area (Å²) in [7, 11) is 1.66. The summed E-state index contributed by atoms with van der Waals surface area (Å²) in [6.07, 6.45) is 4.94. The highest BCUT2D eigenvalue weighted by Crippen LogP contribution is 2.21. The molecule has 3 aromatic heterocycles. The molecule has 3 heterocycles. The van der Waals surface area contributed by atoms with E-state index in [1.165, 1.54) is 15.9 Å². The van der Waals surface area contributed by atoms with Gasteiger partial charge in [0.1, 0.15) is 11.2 Å². The fourth-order valence-corrected chi connectivity index (χ4v) is 2.28. The summed E-state index contributed by atoms with van der Waals surface area (Å²) in [6.45, 7) is 3.37. The van der Waals surface area contributed by atoms with Crippen LogP contribution in [-0.4, -0.2) is 24.7 Å². The highest BCUT2D eigenvalue weighted by molar-refractivity contribution is 5.94. The molecular formula is C15H14N4O2. The molecule has 6 heteroatoms. The number of carbonyl (C=O) groups is 1. The zero-order valence-electron chi connectivity index (χ0n) is 12.0. The zero-order chi connectivity index (χ0) is 15.1. The number of imidazole rings is 1. The molecule has 0 atom stereocenters. The van der Waals surface area contributed by atoms with Crippen LogP contribution in [0.3, 0.4) is 0 Å². The summed E-state index contributed by atoms with van der Waals surface area (Å²) in [5.74, 6) is 0.0400. The molecule has 0 saturated carbocycles. The Balaban J connectivity index is 2.45. The van der Waals surface area contributed by atoms with Gasteiger partial charge >= 0.3 is 0 Å². The number of Topliss-reactive ketones (excluding diaryl/α,β-unsaturated/α-hetero) is 1. The predicted octanol–water partition coefficient (Wildman–Crippen LogP) is 1.61. The number of carbonyl (C=O) groups excluding carboxylic acids is 1. The van der Waals surface area contributed by atoms with E-state index < -0.39 is 0 Å². The maximum atomic E-state index is 12.4. The monoisotopic (exact) mass is 282 g/mol. The summed E-state index contributed by atoms with van der Waals surface area (Å²) in [5, 5.41) is 0. The number of aryl methyl sites for hydroxylation is 2. The molecule has 3 aromatic rings. The van der Waals surface area contributed by atoms with Crippen molar-refractivity contribution in [1.82, 2.24) is 18.9 Å². The van der Waals surface area contributed by atoms with E-state index >= 15 is 0 Å². The fraction of sp³-hybridized carbons (Fsp3) is 0.200. The third-order valence-electron chi connectivity index (χ3n) is 3.35. The highest BCUT2D eigenvalue weighted by atomic mass is 16.1. The first-order valence-electron chi connectivity index (χ1n) is 6.50. The van der Waals surface area contributed by atoms with Crippen molar-refractivity contribution in [2.75, 3.05) is 0 Å². The molecule has 6 nitrogen and oxygen atoms in total. The van der Waals surface area contributed by atoms with Crippen molar-refractivity contribution < 1.29 is 4.79 Å². The lowest BCUT2D eigenvalue weighted by atomic mass is 10.2. The topological polar surface area (TPSA) is 69.3 Å². The van der Waals surface area contributed by atoms with Crippen molar-refractivity contribution in [3.63, 3.8) is 0 Å². The van der Waals surface area contributed by atoms with Crippen LogP contribution in [0, 0.1) is 6.92 Å². The van der Waals surface area contributed by atoms with Crippen molar-refractivity contribution >= 4 is 11.3 Å². The Morgan fingerprint density at radius 2 is 2.05 bits per heavy atom. The number of pyridine rings is 1. The molecule has 0 N–H and O–H groups in total. The Bertz CT molecular complexity index is 921. The highest BCUT2D eigenvalue weighted by Gasteiger charge is 2.19. The SMILES string of the molecule is CC(=O)c1nc(-c2cc(C)ccn2)c2c(=O)n(C)ccn12. The molecule has 0 fully saturated rings. The molecular weight excluding hydrogens is 268 g/mol. The molecule has 0 bridgehead atoms. The van der Waals surface area contributed by atoms with E-state index in [0.717, 1.165) is 5.56 Å². The Kier molecular flexibility index (Phi) is 2.94. The molecule has 0 unspecified atom stereocenters. The summed E-state index contributed by atoms with van der Waals surface area (Å²) in [6, 6.07) is 3.71. The minimum atomic E-state index is -0.212. The second-order valence-corrected chi connectivity index (χ2v) is 4.99. The van der Waals surface area contributed by atoms with E-state index in [-0.39, 0.29) is 17.2 Å². The summed E-state index contributed by atoms with van der Waals surface area (Å²) in [4.78, 5) is 32.8. The number of ketones is 1. The predicted molar refractivity (Wildman–Crippen MR) is 78.4 cm³/mol. The van der Waals surface area contributed by atoms with Crippen LogP contribution in [0.1, 0.15) is 23.1 Å². The molecule has 0 saturated heterocycles. The van der Waals surface area contributed by atoms with E-state index in [0.29, 0.717) is 16.9 Å². The Labute approximate surface area is 120 Å². The van der Waals surface area contributed by atoms with Crippen LogP contribution >= 0.6 is 0 Å². The number of hydrogen-bond acceptors (Lipinski definition) is 4. The minimum Gasteiger partial charge on any atom is -0.315 e. The minimum absolute atomic E-state index is 0.197. The summed E-state index contributed by atoms with van der Waals surface area (Å²) in [5.41, 5.74) is 2.19. The van der Waals surface area contributed by atoms with Crippen molar-refractivity contribution in [2.24, 2.45) is 7.05 Å². The zero-order valence-corrected chi connectivity index (χ0v) is 12.0. The lowest BCUT2D eigenvalue weighted by Crippen LogP contribution is -2.19. The number of aromatic nitrogens is 4. The Morgan fingerprint density at radius 1 is 1.29 bits per heavy atom. The molecule has 0 amide bonds. The molecule has 0 aromatic carbocycles. The van der Waals surface area contributed by atoms with Gasteiger partial charge in [0, 0.05) is 32.6 Å². The lowest BCUT2D eigenvalue weighted by molar-refractivity contribution is 0.100. The van der Waals surface area contributed by atoms with Gasteiger partial charge < -0.3 is 4.57 Å². The second-order valence-electron chi connectivity index (χ2n) is 4.99. The van der Waals surface area contributed by atoms with E-state index in [4.69, 9.17) is 0 Å². The van der Waals surface area contributed by atoms with Gasteiger partial charge in [0.15, 0.2) is 11.6 Å². The van der Waals surface area contributed by atoms with Gasteiger partial charge in [-0.15, -0.1) is 0 Å². The first-order valence-corrected chi connectivity index (χ1v) is 6.50. The second kappa shape index (κ2) is 4.66. The fourth-order valence-electron chi connectivity index (χ4n) is 2.28. The van der Waals surface area contributed by atoms with Gasteiger partial charge in [-0.2, -0.15) is 0 Å². The molecule has 106 valence electrons. The average Bonchev–Trinajstić information content (AvgIpc) is 2.83. The quantitative estimate of drug-likeness (QED) is 0.669. The van der Waals surface area contributed by atoms with Gasteiger partial charge in [-0.3, -0.25) is 19.0 Å². The number of nitrogens with zero attached hydrogens (tertiary/aromatic N) is 4. The Hall–Kier alpha value is -2.76. The van der Waals surface area contributed by atoms with Crippen LogP contribution in [0.4, 0.5) is 0 Å². The van der Waals surface area contributed by atoms with Crippen LogP contribution in [0.5, 0.6) is 0 Å². The molecule has 0 spiro atoms. The molecule has 0 aliphatic rings. The first kappa shape index (κ1) is 13.2. The molecule has 3 rings (SSSR count). The van der Waals surface area contributed by atoms with E-state index in [1.807, 2.05) is 19.1 Å². The molecule has 0 radical (unpaired) electrons. The number of fused-ring (bicyclic) bond motifs is 1. The van der Waals surface area contributed by atoms with Gasteiger partial charge in [-0.1, -0.05) is 0 Å². The first-order chi connectivity index (χ1) is 9.99. The third kappa shape index (κ3) is 2.05. The van der Waals surface area contributed by atoms with E-state index in [2.05, 4.69) is 9.97 Å². The summed E-state index contributed by atoms with van der Waals surface area (Å²) >= 11 is 0. The average molecular weight is 282 g/mol. The normalized spacial score (nSPS) is 11.0. The maximum Gasteiger partial charge on any atom is 0.276 e. The standard InChI is InChI=1S/C15H14N4O2/c1-9-4-5-16-11(8-9)12-13-15(21)18(3)6-7-19(13)14(17-12)10(2)20/h4-8H,1-3H3. The summed E-state index contributed by atoms with van der Waals surface area (Å²) < 4.78 is 2.99. The van der Waals surface area contributed by atoms with Crippen molar-refractivity contribution in [1.29, 1.82) is 0 Å². The smallest absolute Gasteiger partial charge is 0.276 e. The van der Waals surface area contributed by atoms with Crippen molar-refractivity contribution in [2.45, 2.75) is 13.8 Å². The third-order valence-corrected chi connectivity index (χ3v) is 3.35. The van der Waals surface area contributed by atoms with Crippen LogP contribution in [0.2, 0.25) is 0 Å². The lowest BCUT2D eigenvalue weighted by Gasteiger charge is -2.02. The van der Waals surface area contributed by atoms with E-state index in [1.54, 1.807) is 25.6 Å². The van der Waals surface area contributed by atoms with Gasteiger partial charge in [0.05, 0.1) is 5.69 Å². The van der Waals surface area contributed by atoms with Crippen LogP contribution in [0.25, 0.3) is 16.9 Å². The molecule has 0 aliphatic heterocycles. The van der Waals surface area contributed by atoms with Crippen LogP contribution in [0.15, 0.2) is 35.5 Å². The largest absolute Gasteiger partial charge is 0.315 e. The van der Waals surface area contributed by atoms with Crippen LogP contribution < -0.4 is 5.56 Å². The number of hydrogen-bond donors (Lipinski definition) is 0. The number of rotatable bonds is 2. The van der Waals surface area contributed by atoms with Gasteiger partial charge in [-0.25, -0.2) is 4.98 Å². The Morgan fingerprint density at radius 3 is 2.71 bits per heavy atom. The van der Waals surface area contributed by atoms with E-state index in [9.17, 15) is 9.59 Å². The maximum absolute atomic E-state index is 12.4. The van der Waals surface area contributed by atoms with Gasteiger partial charge in [0.25, 0.3) is 5.56 Å². The van der Waals surface area contributed by atoms with Gasteiger partial charge in [-0.05, 0) is 24.6 Å².